The Labute approximate surface area is 188 Å². The monoisotopic (exact) mass is 438 g/mol. The van der Waals surface area contributed by atoms with Crippen molar-refractivity contribution in [3.05, 3.63) is 57.9 Å². The molecule has 7 nitrogen and oxygen atoms in total. The van der Waals surface area contributed by atoms with E-state index in [0.29, 0.717) is 11.5 Å². The molecule has 1 aromatic carbocycles. The summed E-state index contributed by atoms with van der Waals surface area (Å²) >= 11 is 1.70. The Morgan fingerprint density at radius 2 is 2.00 bits per heavy atom. The summed E-state index contributed by atoms with van der Waals surface area (Å²) in [4.78, 5) is 7.92. The Hall–Kier alpha value is -2.97. The summed E-state index contributed by atoms with van der Waals surface area (Å²) in [7, 11) is 5.74. The molecule has 8 heteroatoms. The Morgan fingerprint density at radius 1 is 1.23 bits per heavy atom. The van der Waals surface area contributed by atoms with E-state index in [1.54, 1.807) is 11.3 Å². The summed E-state index contributed by atoms with van der Waals surface area (Å²) in [5.41, 5.74) is 10.1. The summed E-state index contributed by atoms with van der Waals surface area (Å²) in [6.07, 6.45) is 0.819. The van der Waals surface area contributed by atoms with Crippen LogP contribution in [0.2, 0.25) is 0 Å². The lowest BCUT2D eigenvalue weighted by Gasteiger charge is -2.20. The number of aryl methyl sites for hydroxylation is 1. The van der Waals surface area contributed by atoms with Crippen molar-refractivity contribution in [1.29, 1.82) is 0 Å². The topological polar surface area (TPSA) is 88.7 Å². The molecule has 2 heterocycles. The average molecular weight is 439 g/mol. The number of nitrogens with one attached hydrogen (secondary N) is 1. The Kier molecular flexibility index (Phi) is 7.59. The molecule has 0 amide bonds. The molecule has 1 atom stereocenters. The first-order valence-corrected chi connectivity index (χ1v) is 11.1. The van der Waals surface area contributed by atoms with Crippen LogP contribution in [0.1, 0.15) is 35.6 Å². The number of aromatic nitrogens is 2. The first-order valence-electron chi connectivity index (χ1n) is 10.2. The number of aliphatic imine (C=N–C) groups is 1. The fourth-order valence-corrected chi connectivity index (χ4v) is 4.16. The van der Waals surface area contributed by atoms with Gasteiger partial charge in [-0.15, -0.1) is 16.4 Å². The predicted molar refractivity (Wildman–Crippen MR) is 130 cm³/mol. The molecule has 1 unspecified atom stereocenters. The normalized spacial score (nSPS) is 12.6. The standard InChI is InChI=1S/C23H30N6OS/c1-15(21-16(2)27-28-23(22(21)24)29(4)5)26-17-9-6-7-10-18(17)30-19(12-13-25-3)20-11-8-14-31-20/h6-11,14,19,25H,12-13H2,1-5H3,(H2,24,27). The minimum absolute atomic E-state index is 0.0427. The van der Waals surface area contributed by atoms with E-state index in [2.05, 4.69) is 27.0 Å². The van der Waals surface area contributed by atoms with Gasteiger partial charge in [0.2, 0.25) is 0 Å². The maximum atomic E-state index is 6.45. The van der Waals surface area contributed by atoms with Crippen molar-refractivity contribution >= 4 is 34.2 Å². The lowest BCUT2D eigenvalue weighted by Crippen LogP contribution is -2.17. The highest BCUT2D eigenvalue weighted by atomic mass is 32.1. The number of ether oxygens (including phenoxy) is 1. The number of benzene rings is 1. The van der Waals surface area contributed by atoms with Crippen LogP contribution in [-0.2, 0) is 0 Å². The highest BCUT2D eigenvalue weighted by molar-refractivity contribution is 7.10. The third kappa shape index (κ3) is 5.39. The van der Waals surface area contributed by atoms with Crippen molar-refractivity contribution in [3.8, 4) is 5.75 Å². The van der Waals surface area contributed by atoms with E-state index < -0.39 is 0 Å². The van der Waals surface area contributed by atoms with Crippen molar-refractivity contribution < 1.29 is 4.74 Å². The van der Waals surface area contributed by atoms with Crippen LogP contribution in [0.4, 0.5) is 17.2 Å². The number of nitrogens with two attached hydrogens (primary N) is 1. The fourth-order valence-electron chi connectivity index (χ4n) is 3.37. The first-order chi connectivity index (χ1) is 14.9. The van der Waals surface area contributed by atoms with Crippen molar-refractivity contribution in [1.82, 2.24) is 15.5 Å². The lowest BCUT2D eigenvalue weighted by atomic mass is 10.1. The molecule has 3 rings (SSSR count). The number of rotatable bonds is 9. The number of hydrogen-bond donors (Lipinski definition) is 2. The van der Waals surface area contributed by atoms with Gasteiger partial charge in [0, 0.05) is 36.7 Å². The third-order valence-electron chi connectivity index (χ3n) is 4.89. The van der Waals surface area contributed by atoms with E-state index in [0.717, 1.165) is 41.4 Å². The molecule has 0 aliphatic heterocycles. The molecule has 164 valence electrons. The number of nitrogens with zero attached hydrogens (tertiary/aromatic N) is 4. The van der Waals surface area contributed by atoms with E-state index in [1.165, 1.54) is 4.88 Å². The van der Waals surface area contributed by atoms with Crippen LogP contribution in [0.15, 0.2) is 46.8 Å². The zero-order valence-electron chi connectivity index (χ0n) is 18.7. The molecule has 0 radical (unpaired) electrons. The van der Waals surface area contributed by atoms with Gasteiger partial charge in [-0.3, -0.25) is 0 Å². The van der Waals surface area contributed by atoms with Crippen LogP contribution in [-0.4, -0.2) is 43.6 Å². The van der Waals surface area contributed by atoms with E-state index in [-0.39, 0.29) is 6.10 Å². The molecular formula is C23H30N6OS. The number of para-hydroxylation sites is 2. The van der Waals surface area contributed by atoms with Gasteiger partial charge in [-0.2, -0.15) is 5.10 Å². The zero-order chi connectivity index (χ0) is 22.4. The fraction of sp³-hybridized carbons (Fsp3) is 0.348. The molecule has 0 fully saturated rings. The van der Waals surface area contributed by atoms with Gasteiger partial charge in [0.1, 0.15) is 17.5 Å². The number of thiophene rings is 1. The molecule has 0 saturated heterocycles. The Balaban J connectivity index is 1.97. The number of nitrogen functional groups attached to an aromatic ring is 1. The van der Waals surface area contributed by atoms with Crippen LogP contribution in [0.25, 0.3) is 0 Å². The minimum atomic E-state index is -0.0427. The predicted octanol–water partition coefficient (Wildman–Crippen LogP) is 4.37. The minimum Gasteiger partial charge on any atom is -0.483 e. The number of hydrogen-bond acceptors (Lipinski definition) is 8. The summed E-state index contributed by atoms with van der Waals surface area (Å²) in [5, 5.41) is 13.8. The smallest absolute Gasteiger partial charge is 0.174 e. The van der Waals surface area contributed by atoms with Gasteiger partial charge < -0.3 is 20.7 Å². The first kappa shape index (κ1) is 22.7. The van der Waals surface area contributed by atoms with Crippen molar-refractivity contribution in [3.63, 3.8) is 0 Å². The van der Waals surface area contributed by atoms with Crippen LogP contribution in [0, 0.1) is 6.92 Å². The highest BCUT2D eigenvalue weighted by Gasteiger charge is 2.18. The molecule has 0 aliphatic rings. The quantitative estimate of drug-likeness (QED) is 0.483. The van der Waals surface area contributed by atoms with Gasteiger partial charge in [-0.1, -0.05) is 18.2 Å². The van der Waals surface area contributed by atoms with Crippen LogP contribution in [0.3, 0.4) is 0 Å². The van der Waals surface area contributed by atoms with Crippen molar-refractivity contribution in [2.24, 2.45) is 4.99 Å². The van der Waals surface area contributed by atoms with Crippen LogP contribution < -0.4 is 20.7 Å². The summed E-state index contributed by atoms with van der Waals surface area (Å²) in [6.45, 7) is 4.69. The van der Waals surface area contributed by atoms with Gasteiger partial charge in [-0.25, -0.2) is 4.99 Å². The molecule has 3 N–H and O–H groups in total. The van der Waals surface area contributed by atoms with Gasteiger partial charge in [-0.05, 0) is 51.0 Å². The number of anilines is 2. The zero-order valence-corrected chi connectivity index (χ0v) is 19.5. The Morgan fingerprint density at radius 3 is 2.68 bits per heavy atom. The molecule has 0 spiro atoms. The van der Waals surface area contributed by atoms with Gasteiger partial charge >= 0.3 is 0 Å². The molecule has 3 aromatic rings. The van der Waals surface area contributed by atoms with Gasteiger partial charge in [0.15, 0.2) is 5.82 Å². The highest BCUT2D eigenvalue weighted by Crippen LogP contribution is 2.35. The average Bonchev–Trinajstić information content (AvgIpc) is 3.27. The SMILES string of the molecule is CNCCC(Oc1ccccc1N=C(C)c1c(C)nnc(N(C)C)c1N)c1cccs1. The van der Waals surface area contributed by atoms with Crippen molar-refractivity contribution in [2.75, 3.05) is 38.3 Å². The third-order valence-corrected chi connectivity index (χ3v) is 5.86. The second-order valence-corrected chi connectivity index (χ2v) is 8.45. The van der Waals surface area contributed by atoms with Crippen molar-refractivity contribution in [2.45, 2.75) is 26.4 Å². The molecular weight excluding hydrogens is 408 g/mol. The van der Waals surface area contributed by atoms with E-state index in [4.69, 9.17) is 15.5 Å². The molecule has 0 bridgehead atoms. The second-order valence-electron chi connectivity index (χ2n) is 7.47. The van der Waals surface area contributed by atoms with E-state index in [1.807, 2.05) is 70.2 Å². The largest absolute Gasteiger partial charge is 0.483 e. The van der Waals surface area contributed by atoms with Gasteiger partial charge in [0.25, 0.3) is 0 Å². The molecule has 0 saturated carbocycles. The summed E-state index contributed by atoms with van der Waals surface area (Å²) in [5.74, 6) is 1.37. The summed E-state index contributed by atoms with van der Waals surface area (Å²) in [6, 6.07) is 12.0. The van der Waals surface area contributed by atoms with Crippen LogP contribution >= 0.6 is 11.3 Å². The molecule has 31 heavy (non-hydrogen) atoms. The summed E-state index contributed by atoms with van der Waals surface area (Å²) < 4.78 is 6.45. The maximum Gasteiger partial charge on any atom is 0.174 e. The maximum absolute atomic E-state index is 6.45. The van der Waals surface area contributed by atoms with E-state index in [9.17, 15) is 0 Å². The Bertz CT molecular complexity index is 1030. The molecule has 0 aliphatic carbocycles. The van der Waals surface area contributed by atoms with Crippen LogP contribution in [0.5, 0.6) is 5.75 Å². The van der Waals surface area contributed by atoms with Gasteiger partial charge in [0.05, 0.1) is 11.4 Å². The molecule has 2 aromatic heterocycles. The second kappa shape index (κ2) is 10.4. The lowest BCUT2D eigenvalue weighted by molar-refractivity contribution is 0.199. The van der Waals surface area contributed by atoms with E-state index >= 15 is 0 Å².